The average Bonchev–Trinajstić information content (AvgIpc) is 2.98. The predicted octanol–water partition coefficient (Wildman–Crippen LogP) is 3.79. The van der Waals surface area contributed by atoms with E-state index in [4.69, 9.17) is 4.42 Å². The van der Waals surface area contributed by atoms with Gasteiger partial charge in [-0.25, -0.2) is 18.1 Å². The van der Waals surface area contributed by atoms with E-state index in [1.165, 1.54) is 0 Å². The van der Waals surface area contributed by atoms with Crippen LogP contribution in [-0.4, -0.2) is 19.9 Å². The summed E-state index contributed by atoms with van der Waals surface area (Å²) in [5, 5.41) is 0. The van der Waals surface area contributed by atoms with Crippen molar-refractivity contribution in [2.24, 2.45) is 0 Å². The standard InChI is InChI=1S/C20H22N2O3S/c1-14-9-10-15(2)19(13-14)26(23,24)21-12-11-18-16(3)25-20(22-18)17-7-5-4-6-8-17/h4-10,13,21H,11-12H2,1-3H3. The Balaban J connectivity index is 1.70. The highest BCUT2D eigenvalue weighted by Crippen LogP contribution is 2.22. The van der Waals surface area contributed by atoms with Crippen molar-refractivity contribution in [1.29, 1.82) is 0 Å². The third-order valence-corrected chi connectivity index (χ3v) is 5.80. The van der Waals surface area contributed by atoms with Gasteiger partial charge in [0.2, 0.25) is 15.9 Å². The lowest BCUT2D eigenvalue weighted by atomic mass is 10.2. The van der Waals surface area contributed by atoms with E-state index in [1.54, 1.807) is 13.0 Å². The van der Waals surface area contributed by atoms with Gasteiger partial charge < -0.3 is 4.42 Å². The SMILES string of the molecule is Cc1ccc(C)c(S(=O)(=O)NCCc2nc(-c3ccccc3)oc2C)c1. The number of oxazole rings is 1. The van der Waals surface area contributed by atoms with E-state index in [0.29, 0.717) is 23.0 Å². The van der Waals surface area contributed by atoms with Crippen molar-refractivity contribution in [3.8, 4) is 11.5 Å². The molecule has 0 atom stereocenters. The minimum absolute atomic E-state index is 0.261. The molecule has 2 aromatic carbocycles. The van der Waals surface area contributed by atoms with Crippen LogP contribution in [0.15, 0.2) is 57.8 Å². The molecule has 5 nitrogen and oxygen atoms in total. The lowest BCUT2D eigenvalue weighted by Gasteiger charge is -2.09. The Kier molecular flexibility index (Phi) is 5.25. The second kappa shape index (κ2) is 7.43. The monoisotopic (exact) mass is 370 g/mol. The maximum absolute atomic E-state index is 12.6. The highest BCUT2D eigenvalue weighted by molar-refractivity contribution is 7.89. The van der Waals surface area contributed by atoms with Crippen LogP contribution >= 0.6 is 0 Å². The summed E-state index contributed by atoms with van der Waals surface area (Å²) < 4.78 is 33.5. The van der Waals surface area contributed by atoms with Crippen LogP contribution in [0.5, 0.6) is 0 Å². The molecule has 3 aromatic rings. The van der Waals surface area contributed by atoms with Crippen molar-refractivity contribution in [3.63, 3.8) is 0 Å². The molecule has 0 fully saturated rings. The summed E-state index contributed by atoms with van der Waals surface area (Å²) in [5.74, 6) is 1.25. The highest BCUT2D eigenvalue weighted by atomic mass is 32.2. The summed E-state index contributed by atoms with van der Waals surface area (Å²) in [4.78, 5) is 4.82. The number of nitrogens with one attached hydrogen (secondary N) is 1. The largest absolute Gasteiger partial charge is 0.441 e. The van der Waals surface area contributed by atoms with E-state index in [9.17, 15) is 8.42 Å². The van der Waals surface area contributed by atoms with Crippen molar-refractivity contribution in [3.05, 3.63) is 71.1 Å². The molecule has 0 radical (unpaired) electrons. The lowest BCUT2D eigenvalue weighted by Crippen LogP contribution is -2.27. The van der Waals surface area contributed by atoms with E-state index in [0.717, 1.165) is 22.4 Å². The Morgan fingerprint density at radius 3 is 2.50 bits per heavy atom. The molecule has 0 aliphatic heterocycles. The van der Waals surface area contributed by atoms with Gasteiger partial charge in [-0.2, -0.15) is 0 Å². The molecule has 0 saturated heterocycles. The van der Waals surface area contributed by atoms with Gasteiger partial charge in [0.25, 0.3) is 0 Å². The molecule has 0 amide bonds. The first-order valence-corrected chi connectivity index (χ1v) is 9.94. The van der Waals surface area contributed by atoms with Crippen LogP contribution in [0.3, 0.4) is 0 Å². The Bertz CT molecular complexity index is 1010. The van der Waals surface area contributed by atoms with Crippen molar-refractivity contribution < 1.29 is 12.8 Å². The van der Waals surface area contributed by atoms with Gasteiger partial charge in [0.05, 0.1) is 10.6 Å². The highest BCUT2D eigenvalue weighted by Gasteiger charge is 2.17. The average molecular weight is 370 g/mol. The zero-order chi connectivity index (χ0) is 18.7. The van der Waals surface area contributed by atoms with Gasteiger partial charge in [-0.1, -0.05) is 30.3 Å². The molecule has 3 rings (SSSR count). The molecule has 1 N–H and O–H groups in total. The number of aryl methyl sites for hydroxylation is 3. The molecule has 1 aromatic heterocycles. The van der Waals surface area contributed by atoms with Gasteiger partial charge in [0.15, 0.2) is 0 Å². The number of benzene rings is 2. The molecule has 1 heterocycles. The Morgan fingerprint density at radius 2 is 1.77 bits per heavy atom. The number of rotatable bonds is 6. The van der Waals surface area contributed by atoms with Crippen LogP contribution in [0.2, 0.25) is 0 Å². The van der Waals surface area contributed by atoms with Crippen LogP contribution in [0.4, 0.5) is 0 Å². The molecular weight excluding hydrogens is 348 g/mol. The molecular formula is C20H22N2O3S. The maximum Gasteiger partial charge on any atom is 0.240 e. The van der Waals surface area contributed by atoms with Gasteiger partial charge in [-0.05, 0) is 50.1 Å². The number of hydrogen-bond acceptors (Lipinski definition) is 4. The summed E-state index contributed by atoms with van der Waals surface area (Å²) in [6.45, 7) is 5.77. The van der Waals surface area contributed by atoms with Crippen molar-refractivity contribution in [1.82, 2.24) is 9.71 Å². The molecule has 26 heavy (non-hydrogen) atoms. The van der Waals surface area contributed by atoms with Crippen LogP contribution in [0.1, 0.15) is 22.6 Å². The van der Waals surface area contributed by atoms with Crippen LogP contribution in [0, 0.1) is 20.8 Å². The van der Waals surface area contributed by atoms with Gasteiger partial charge in [0.1, 0.15) is 5.76 Å². The summed E-state index contributed by atoms with van der Waals surface area (Å²) in [5.41, 5.74) is 3.30. The lowest BCUT2D eigenvalue weighted by molar-refractivity contribution is 0.538. The van der Waals surface area contributed by atoms with Crippen LogP contribution in [0.25, 0.3) is 11.5 Å². The molecule has 0 aliphatic carbocycles. The number of aromatic nitrogens is 1. The molecule has 0 unspecified atom stereocenters. The fourth-order valence-corrected chi connectivity index (χ4v) is 4.10. The topological polar surface area (TPSA) is 72.2 Å². The van der Waals surface area contributed by atoms with Crippen molar-refractivity contribution in [2.45, 2.75) is 32.1 Å². The fraction of sp³-hybridized carbons (Fsp3) is 0.250. The number of hydrogen-bond donors (Lipinski definition) is 1. The normalized spacial score (nSPS) is 11.7. The van der Waals surface area contributed by atoms with Crippen molar-refractivity contribution >= 4 is 10.0 Å². The summed E-state index contributed by atoms with van der Waals surface area (Å²) in [7, 11) is -3.55. The molecule has 0 bridgehead atoms. The van der Waals surface area contributed by atoms with Gasteiger partial charge in [-0.3, -0.25) is 0 Å². The zero-order valence-electron chi connectivity index (χ0n) is 15.1. The summed E-state index contributed by atoms with van der Waals surface area (Å²) in [6.07, 6.45) is 0.465. The Morgan fingerprint density at radius 1 is 1.04 bits per heavy atom. The second-order valence-corrected chi connectivity index (χ2v) is 8.04. The molecule has 136 valence electrons. The first-order valence-electron chi connectivity index (χ1n) is 8.45. The first kappa shape index (κ1) is 18.4. The van der Waals surface area contributed by atoms with Gasteiger partial charge >= 0.3 is 0 Å². The van der Waals surface area contributed by atoms with E-state index < -0.39 is 10.0 Å². The van der Waals surface area contributed by atoms with Gasteiger partial charge in [-0.15, -0.1) is 0 Å². The fourth-order valence-electron chi connectivity index (χ4n) is 2.74. The maximum atomic E-state index is 12.6. The third kappa shape index (κ3) is 4.03. The number of sulfonamides is 1. The minimum Gasteiger partial charge on any atom is -0.441 e. The van der Waals surface area contributed by atoms with Crippen LogP contribution < -0.4 is 4.72 Å². The van der Waals surface area contributed by atoms with Gasteiger partial charge in [0, 0.05) is 18.5 Å². The van der Waals surface area contributed by atoms with E-state index in [-0.39, 0.29) is 6.54 Å². The van der Waals surface area contributed by atoms with Crippen LogP contribution in [-0.2, 0) is 16.4 Å². The quantitative estimate of drug-likeness (QED) is 0.716. The summed E-state index contributed by atoms with van der Waals surface area (Å²) in [6, 6.07) is 15.0. The molecule has 6 heteroatoms. The summed E-state index contributed by atoms with van der Waals surface area (Å²) >= 11 is 0. The Labute approximate surface area is 154 Å². The minimum atomic E-state index is -3.55. The zero-order valence-corrected chi connectivity index (χ0v) is 15.9. The molecule has 0 spiro atoms. The van der Waals surface area contributed by atoms with E-state index in [1.807, 2.05) is 56.3 Å². The predicted molar refractivity (Wildman–Crippen MR) is 101 cm³/mol. The van der Waals surface area contributed by atoms with Crippen molar-refractivity contribution in [2.75, 3.05) is 6.54 Å². The second-order valence-electron chi connectivity index (χ2n) is 6.30. The number of nitrogens with zero attached hydrogens (tertiary/aromatic N) is 1. The Hall–Kier alpha value is -2.44. The third-order valence-electron chi connectivity index (χ3n) is 4.20. The molecule has 0 saturated carbocycles. The smallest absolute Gasteiger partial charge is 0.240 e. The van der Waals surface area contributed by atoms with E-state index in [2.05, 4.69) is 9.71 Å². The first-order chi connectivity index (χ1) is 12.4. The van der Waals surface area contributed by atoms with E-state index >= 15 is 0 Å². The molecule has 0 aliphatic rings.